The Morgan fingerprint density at radius 3 is 1.67 bits per heavy atom. The molecule has 2 N–H and O–H groups in total. The normalized spacial score (nSPS) is 13.0. The standard InChI is InChI=1S/C41H41NO4/c1-5-34(37(39(45)46-40(2,3)4)38(44)35-26-15-16-27-36(35)43)29-18-17-25-33(28-29)42-41(30-19-9-6-10-20-30,31-21-11-7-12-22-31)32-23-13-8-14-24-32/h6-28,34,37,42-43H,5H2,1-4H3. The summed E-state index contributed by atoms with van der Waals surface area (Å²) in [6.07, 6.45) is 0.494. The lowest BCUT2D eigenvalue weighted by Gasteiger charge is -2.38. The Hall–Kier alpha value is -5.16. The molecule has 0 heterocycles. The zero-order valence-corrected chi connectivity index (χ0v) is 26.8. The van der Waals surface area contributed by atoms with Crippen LogP contribution in [0.3, 0.4) is 0 Å². The van der Waals surface area contributed by atoms with E-state index in [0.29, 0.717) is 6.42 Å². The van der Waals surface area contributed by atoms with Crippen LogP contribution in [0.1, 0.15) is 72.6 Å². The van der Waals surface area contributed by atoms with E-state index < -0.39 is 34.7 Å². The van der Waals surface area contributed by atoms with E-state index >= 15 is 0 Å². The van der Waals surface area contributed by atoms with E-state index in [4.69, 9.17) is 4.74 Å². The summed E-state index contributed by atoms with van der Waals surface area (Å²) in [5, 5.41) is 14.5. The molecule has 5 aromatic rings. The number of nitrogens with one attached hydrogen (secondary N) is 1. The number of benzene rings is 5. The Bertz CT molecular complexity index is 1660. The van der Waals surface area contributed by atoms with Gasteiger partial charge < -0.3 is 15.2 Å². The van der Waals surface area contributed by atoms with Gasteiger partial charge in [0, 0.05) is 11.6 Å². The highest BCUT2D eigenvalue weighted by Crippen LogP contribution is 2.41. The number of hydrogen-bond donors (Lipinski definition) is 2. The Kier molecular flexibility index (Phi) is 9.72. The zero-order valence-electron chi connectivity index (χ0n) is 26.8. The fourth-order valence-electron chi connectivity index (χ4n) is 6.18. The Morgan fingerprint density at radius 1 is 0.696 bits per heavy atom. The van der Waals surface area contributed by atoms with Crippen molar-refractivity contribution in [2.45, 2.75) is 51.2 Å². The Labute approximate surface area is 271 Å². The summed E-state index contributed by atoms with van der Waals surface area (Å²) >= 11 is 0. The molecule has 0 saturated heterocycles. The van der Waals surface area contributed by atoms with Crippen LogP contribution in [-0.2, 0) is 15.1 Å². The van der Waals surface area contributed by atoms with Gasteiger partial charge in [0.1, 0.15) is 22.8 Å². The molecule has 234 valence electrons. The first-order valence-corrected chi connectivity index (χ1v) is 15.7. The smallest absolute Gasteiger partial charge is 0.318 e. The van der Waals surface area contributed by atoms with Crippen LogP contribution in [0.5, 0.6) is 5.75 Å². The van der Waals surface area contributed by atoms with Crippen molar-refractivity contribution >= 4 is 17.4 Å². The van der Waals surface area contributed by atoms with Gasteiger partial charge in [-0.05, 0) is 73.7 Å². The molecule has 5 heteroatoms. The SMILES string of the molecule is CCC(c1cccc(NC(c2ccccc2)(c2ccccc2)c2ccccc2)c1)C(C(=O)OC(C)(C)C)C(=O)c1ccccc1O. The van der Waals surface area contributed by atoms with Crippen LogP contribution in [0, 0.1) is 5.92 Å². The molecule has 0 saturated carbocycles. The van der Waals surface area contributed by atoms with Gasteiger partial charge in [-0.25, -0.2) is 0 Å². The molecule has 2 unspecified atom stereocenters. The summed E-state index contributed by atoms with van der Waals surface area (Å²) < 4.78 is 5.81. The van der Waals surface area contributed by atoms with Gasteiger partial charge in [-0.15, -0.1) is 0 Å². The number of carbonyl (C=O) groups is 2. The van der Waals surface area contributed by atoms with Gasteiger partial charge in [-0.1, -0.05) is 122 Å². The van der Waals surface area contributed by atoms with E-state index in [1.807, 2.05) is 85.8 Å². The molecule has 0 aliphatic heterocycles. The second-order valence-electron chi connectivity index (χ2n) is 12.5. The second-order valence-corrected chi connectivity index (χ2v) is 12.5. The third-order valence-corrected chi connectivity index (χ3v) is 8.22. The van der Waals surface area contributed by atoms with Crippen molar-refractivity contribution in [1.29, 1.82) is 0 Å². The molecule has 5 aromatic carbocycles. The van der Waals surface area contributed by atoms with Crippen molar-refractivity contribution in [2.24, 2.45) is 5.92 Å². The minimum Gasteiger partial charge on any atom is -0.507 e. The van der Waals surface area contributed by atoms with Crippen molar-refractivity contribution in [2.75, 3.05) is 5.32 Å². The predicted molar refractivity (Wildman–Crippen MR) is 184 cm³/mol. The number of para-hydroxylation sites is 1. The maximum absolute atomic E-state index is 14.1. The fraction of sp³-hybridized carbons (Fsp3) is 0.220. The summed E-state index contributed by atoms with van der Waals surface area (Å²) in [7, 11) is 0. The van der Waals surface area contributed by atoms with Crippen molar-refractivity contribution in [3.63, 3.8) is 0 Å². The topological polar surface area (TPSA) is 75.6 Å². The molecular formula is C41H41NO4. The molecule has 0 amide bonds. The molecule has 5 nitrogen and oxygen atoms in total. The number of ketones is 1. The van der Waals surface area contributed by atoms with E-state index in [-0.39, 0.29) is 11.3 Å². The maximum atomic E-state index is 14.1. The lowest BCUT2D eigenvalue weighted by atomic mass is 9.76. The Morgan fingerprint density at radius 2 is 1.20 bits per heavy atom. The lowest BCUT2D eigenvalue weighted by molar-refractivity contribution is -0.158. The number of esters is 1. The van der Waals surface area contributed by atoms with Crippen LogP contribution in [0.2, 0.25) is 0 Å². The molecule has 0 radical (unpaired) electrons. The van der Waals surface area contributed by atoms with E-state index in [1.54, 1.807) is 39.0 Å². The molecule has 0 spiro atoms. The zero-order chi connectivity index (χ0) is 32.7. The minimum atomic E-state index is -1.16. The highest BCUT2D eigenvalue weighted by molar-refractivity contribution is 6.10. The molecule has 46 heavy (non-hydrogen) atoms. The number of aromatic hydroxyl groups is 1. The first kappa shape index (κ1) is 32.2. The van der Waals surface area contributed by atoms with Gasteiger partial charge >= 0.3 is 5.97 Å². The lowest BCUT2D eigenvalue weighted by Crippen LogP contribution is -2.38. The third kappa shape index (κ3) is 6.89. The van der Waals surface area contributed by atoms with Gasteiger partial charge in [0.15, 0.2) is 5.78 Å². The summed E-state index contributed by atoms with van der Waals surface area (Å²) in [4.78, 5) is 27.8. The van der Waals surface area contributed by atoms with Crippen LogP contribution in [-0.4, -0.2) is 22.5 Å². The highest BCUT2D eigenvalue weighted by atomic mass is 16.6. The number of Topliss-reactive ketones (excluding diaryl/α,β-unsaturated/α-hetero) is 1. The van der Waals surface area contributed by atoms with Gasteiger partial charge in [-0.3, -0.25) is 9.59 Å². The summed E-state index contributed by atoms with van der Waals surface area (Å²) in [6.45, 7) is 7.32. The fourth-order valence-corrected chi connectivity index (χ4v) is 6.18. The van der Waals surface area contributed by atoms with Crippen molar-refractivity contribution in [3.05, 3.63) is 167 Å². The highest BCUT2D eigenvalue weighted by Gasteiger charge is 2.40. The van der Waals surface area contributed by atoms with Crippen LogP contribution in [0.25, 0.3) is 0 Å². The van der Waals surface area contributed by atoms with Crippen LogP contribution in [0.4, 0.5) is 5.69 Å². The maximum Gasteiger partial charge on any atom is 0.318 e. The molecule has 0 aliphatic carbocycles. The molecule has 0 fully saturated rings. The number of anilines is 1. The molecule has 5 rings (SSSR count). The second kappa shape index (κ2) is 13.9. The molecule has 0 aliphatic rings. The molecule has 2 atom stereocenters. The first-order valence-electron chi connectivity index (χ1n) is 15.7. The van der Waals surface area contributed by atoms with E-state index in [2.05, 4.69) is 41.7 Å². The number of hydrogen-bond acceptors (Lipinski definition) is 5. The molecule has 0 aromatic heterocycles. The van der Waals surface area contributed by atoms with Crippen LogP contribution in [0.15, 0.2) is 140 Å². The monoisotopic (exact) mass is 611 g/mol. The van der Waals surface area contributed by atoms with Crippen molar-refractivity contribution in [1.82, 2.24) is 0 Å². The van der Waals surface area contributed by atoms with Crippen molar-refractivity contribution in [3.8, 4) is 5.75 Å². The molecular weight excluding hydrogens is 570 g/mol. The van der Waals surface area contributed by atoms with Gasteiger partial charge in [-0.2, -0.15) is 0 Å². The summed E-state index contributed by atoms with van der Waals surface area (Å²) in [5.41, 5.74) is 3.38. The number of phenols is 1. The minimum absolute atomic E-state index is 0.0994. The summed E-state index contributed by atoms with van der Waals surface area (Å²) in [5.74, 6) is -2.91. The number of rotatable bonds is 11. The van der Waals surface area contributed by atoms with E-state index in [1.165, 1.54) is 6.07 Å². The van der Waals surface area contributed by atoms with Crippen molar-refractivity contribution < 1.29 is 19.4 Å². The predicted octanol–water partition coefficient (Wildman–Crippen LogP) is 9.13. The number of phenolic OH excluding ortho intramolecular Hbond substituents is 1. The van der Waals surface area contributed by atoms with Crippen LogP contribution < -0.4 is 5.32 Å². The first-order chi connectivity index (χ1) is 22.1. The quantitative estimate of drug-likeness (QED) is 0.0674. The van der Waals surface area contributed by atoms with E-state index in [9.17, 15) is 14.7 Å². The van der Waals surface area contributed by atoms with Crippen LogP contribution >= 0.6 is 0 Å². The third-order valence-electron chi connectivity index (χ3n) is 8.22. The summed E-state index contributed by atoms with van der Waals surface area (Å²) in [6, 6.07) is 45.2. The number of ether oxygens (including phenoxy) is 1. The number of carbonyl (C=O) groups excluding carboxylic acids is 2. The van der Waals surface area contributed by atoms with Gasteiger partial charge in [0.2, 0.25) is 0 Å². The van der Waals surface area contributed by atoms with Gasteiger partial charge in [0.05, 0.1) is 5.56 Å². The Balaban J connectivity index is 1.64. The largest absolute Gasteiger partial charge is 0.507 e. The molecule has 0 bridgehead atoms. The average Bonchev–Trinajstić information content (AvgIpc) is 3.06. The van der Waals surface area contributed by atoms with E-state index in [0.717, 1.165) is 27.9 Å². The average molecular weight is 612 g/mol. The van der Waals surface area contributed by atoms with Gasteiger partial charge in [0.25, 0.3) is 0 Å².